The van der Waals surface area contributed by atoms with E-state index in [0.717, 1.165) is 22.3 Å². The summed E-state index contributed by atoms with van der Waals surface area (Å²) >= 11 is 0. The second kappa shape index (κ2) is 3.74. The lowest BCUT2D eigenvalue weighted by Gasteiger charge is -2.11. The lowest BCUT2D eigenvalue weighted by atomic mass is 9.96. The Morgan fingerprint density at radius 1 is 1.00 bits per heavy atom. The van der Waals surface area contributed by atoms with Gasteiger partial charge < -0.3 is 5.32 Å². The van der Waals surface area contributed by atoms with Crippen LogP contribution < -0.4 is 5.32 Å². The van der Waals surface area contributed by atoms with Gasteiger partial charge in [0.15, 0.2) is 0 Å². The van der Waals surface area contributed by atoms with E-state index in [2.05, 4.69) is 5.32 Å². The molecule has 1 unspecified atom stereocenters. The van der Waals surface area contributed by atoms with E-state index < -0.39 is 0 Å². The van der Waals surface area contributed by atoms with Crippen molar-refractivity contribution in [2.24, 2.45) is 0 Å². The Morgan fingerprint density at radius 3 is 2.53 bits per heavy atom. The molecule has 0 spiro atoms. The first-order valence-electron chi connectivity index (χ1n) is 5.72. The van der Waals surface area contributed by atoms with Crippen LogP contribution in [0.25, 0.3) is 0 Å². The van der Waals surface area contributed by atoms with Crippen LogP contribution in [0.5, 0.6) is 0 Å². The molecule has 0 saturated carbocycles. The summed E-state index contributed by atoms with van der Waals surface area (Å²) in [5.74, 6) is 0.0342. The lowest BCUT2D eigenvalue weighted by molar-refractivity contribution is 0.0960. The fourth-order valence-electron chi connectivity index (χ4n) is 2.43. The molecular weight excluding hydrogens is 210 g/mol. The number of hydrogen-bond acceptors (Lipinski definition) is 1. The van der Waals surface area contributed by atoms with Crippen molar-refractivity contribution in [2.75, 3.05) is 0 Å². The van der Waals surface area contributed by atoms with Crippen LogP contribution in [0.15, 0.2) is 48.5 Å². The molecule has 2 heteroatoms. The number of benzene rings is 2. The van der Waals surface area contributed by atoms with E-state index in [1.807, 2.05) is 55.5 Å². The Labute approximate surface area is 100 Å². The summed E-state index contributed by atoms with van der Waals surface area (Å²) in [5, 5.41) is 3.04. The van der Waals surface area contributed by atoms with Gasteiger partial charge in [-0.3, -0.25) is 4.79 Å². The Hall–Kier alpha value is -2.09. The molecule has 2 nitrogen and oxygen atoms in total. The minimum absolute atomic E-state index is 0.00130. The molecule has 1 atom stereocenters. The SMILES string of the molecule is Cc1cccc2c1C(=O)NC2c1ccccc1. The first kappa shape index (κ1) is 10.1. The first-order valence-corrected chi connectivity index (χ1v) is 5.72. The van der Waals surface area contributed by atoms with Crippen molar-refractivity contribution in [2.45, 2.75) is 13.0 Å². The van der Waals surface area contributed by atoms with E-state index in [4.69, 9.17) is 0 Å². The van der Waals surface area contributed by atoms with Crippen LogP contribution in [0.3, 0.4) is 0 Å². The van der Waals surface area contributed by atoms with Gasteiger partial charge in [0.25, 0.3) is 5.91 Å². The predicted octanol–water partition coefficient (Wildman–Crippen LogP) is 2.83. The van der Waals surface area contributed by atoms with Crippen molar-refractivity contribution in [3.05, 3.63) is 70.8 Å². The van der Waals surface area contributed by atoms with Crippen molar-refractivity contribution in [3.63, 3.8) is 0 Å². The van der Waals surface area contributed by atoms with Gasteiger partial charge in [-0.2, -0.15) is 0 Å². The van der Waals surface area contributed by atoms with Gasteiger partial charge >= 0.3 is 0 Å². The van der Waals surface area contributed by atoms with Crippen molar-refractivity contribution in [3.8, 4) is 0 Å². The topological polar surface area (TPSA) is 29.1 Å². The largest absolute Gasteiger partial charge is 0.341 e. The van der Waals surface area contributed by atoms with Crippen molar-refractivity contribution in [1.29, 1.82) is 0 Å². The second-order valence-corrected chi connectivity index (χ2v) is 4.36. The van der Waals surface area contributed by atoms with Crippen LogP contribution >= 0.6 is 0 Å². The molecule has 0 saturated heterocycles. The minimum Gasteiger partial charge on any atom is -0.341 e. The fraction of sp³-hybridized carbons (Fsp3) is 0.133. The van der Waals surface area contributed by atoms with Crippen LogP contribution in [0.2, 0.25) is 0 Å². The molecular formula is C15H13NO. The number of rotatable bonds is 1. The number of nitrogens with one attached hydrogen (secondary N) is 1. The highest BCUT2D eigenvalue weighted by Crippen LogP contribution is 2.32. The third-order valence-corrected chi connectivity index (χ3v) is 3.25. The number of carbonyl (C=O) groups excluding carboxylic acids is 1. The quantitative estimate of drug-likeness (QED) is 0.791. The van der Waals surface area contributed by atoms with E-state index in [-0.39, 0.29) is 11.9 Å². The van der Waals surface area contributed by atoms with Crippen LogP contribution in [0, 0.1) is 6.92 Å². The summed E-state index contributed by atoms with van der Waals surface area (Å²) in [5.41, 5.74) is 4.09. The van der Waals surface area contributed by atoms with Gasteiger partial charge in [0.1, 0.15) is 0 Å². The average molecular weight is 223 g/mol. The molecule has 1 N–H and O–H groups in total. The highest BCUT2D eigenvalue weighted by atomic mass is 16.2. The third-order valence-electron chi connectivity index (χ3n) is 3.25. The van der Waals surface area contributed by atoms with Gasteiger partial charge in [0, 0.05) is 5.56 Å². The van der Waals surface area contributed by atoms with E-state index in [9.17, 15) is 4.79 Å². The molecule has 84 valence electrons. The molecule has 0 aliphatic carbocycles. The summed E-state index contributed by atoms with van der Waals surface area (Å²) in [4.78, 5) is 12.0. The molecule has 17 heavy (non-hydrogen) atoms. The number of hydrogen-bond donors (Lipinski definition) is 1. The smallest absolute Gasteiger partial charge is 0.252 e. The summed E-state index contributed by atoms with van der Waals surface area (Å²) in [7, 11) is 0. The molecule has 2 aromatic carbocycles. The Balaban J connectivity index is 2.14. The van der Waals surface area contributed by atoms with E-state index >= 15 is 0 Å². The lowest BCUT2D eigenvalue weighted by Crippen LogP contribution is -2.19. The maximum Gasteiger partial charge on any atom is 0.252 e. The number of aryl methyl sites for hydroxylation is 1. The molecule has 0 radical (unpaired) electrons. The predicted molar refractivity (Wildman–Crippen MR) is 66.9 cm³/mol. The molecule has 1 heterocycles. The zero-order valence-electron chi connectivity index (χ0n) is 9.60. The normalized spacial score (nSPS) is 17.7. The summed E-state index contributed by atoms with van der Waals surface area (Å²) < 4.78 is 0. The van der Waals surface area contributed by atoms with E-state index in [1.54, 1.807) is 0 Å². The molecule has 0 fully saturated rings. The maximum atomic E-state index is 12.0. The van der Waals surface area contributed by atoms with Crippen LogP contribution in [0.1, 0.15) is 33.1 Å². The average Bonchev–Trinajstić information content (AvgIpc) is 2.69. The van der Waals surface area contributed by atoms with Crippen molar-refractivity contribution < 1.29 is 4.79 Å². The Kier molecular flexibility index (Phi) is 2.22. The molecule has 1 amide bonds. The van der Waals surface area contributed by atoms with Crippen molar-refractivity contribution in [1.82, 2.24) is 5.32 Å². The number of amides is 1. The number of fused-ring (bicyclic) bond motifs is 1. The number of carbonyl (C=O) groups is 1. The Bertz CT molecular complexity index is 575. The molecule has 0 aromatic heterocycles. The molecule has 0 bridgehead atoms. The molecule has 3 rings (SSSR count). The van der Waals surface area contributed by atoms with Gasteiger partial charge in [-0.1, -0.05) is 48.5 Å². The third kappa shape index (κ3) is 1.53. The Morgan fingerprint density at radius 2 is 1.76 bits per heavy atom. The van der Waals surface area contributed by atoms with Gasteiger partial charge in [-0.25, -0.2) is 0 Å². The van der Waals surface area contributed by atoms with E-state index in [1.165, 1.54) is 0 Å². The zero-order valence-corrected chi connectivity index (χ0v) is 9.60. The van der Waals surface area contributed by atoms with Gasteiger partial charge in [0.05, 0.1) is 6.04 Å². The molecule has 2 aromatic rings. The second-order valence-electron chi connectivity index (χ2n) is 4.36. The highest BCUT2D eigenvalue weighted by molar-refractivity contribution is 6.01. The molecule has 1 aliphatic rings. The standard InChI is InChI=1S/C15H13NO/c1-10-6-5-9-12-13(10)15(17)16-14(12)11-7-3-2-4-8-11/h2-9,14H,1H3,(H,16,17). The van der Waals surface area contributed by atoms with Crippen LogP contribution in [-0.2, 0) is 0 Å². The maximum absolute atomic E-state index is 12.0. The van der Waals surface area contributed by atoms with Gasteiger partial charge in [0.2, 0.25) is 0 Å². The molecule has 1 aliphatic heterocycles. The summed E-state index contributed by atoms with van der Waals surface area (Å²) in [6, 6.07) is 16.1. The fourth-order valence-corrected chi connectivity index (χ4v) is 2.43. The van der Waals surface area contributed by atoms with Crippen LogP contribution in [0.4, 0.5) is 0 Å². The monoisotopic (exact) mass is 223 g/mol. The van der Waals surface area contributed by atoms with Crippen LogP contribution in [-0.4, -0.2) is 5.91 Å². The highest BCUT2D eigenvalue weighted by Gasteiger charge is 2.30. The van der Waals surface area contributed by atoms with Gasteiger partial charge in [-0.15, -0.1) is 0 Å². The van der Waals surface area contributed by atoms with E-state index in [0.29, 0.717) is 0 Å². The van der Waals surface area contributed by atoms with Gasteiger partial charge in [-0.05, 0) is 23.6 Å². The van der Waals surface area contributed by atoms with Crippen molar-refractivity contribution >= 4 is 5.91 Å². The summed E-state index contributed by atoms with van der Waals surface area (Å²) in [6.45, 7) is 1.98. The minimum atomic E-state index is -0.00130. The zero-order chi connectivity index (χ0) is 11.8. The first-order chi connectivity index (χ1) is 8.27. The summed E-state index contributed by atoms with van der Waals surface area (Å²) in [6.07, 6.45) is 0.